The number of carbonyl (C=O) groups is 2. The van der Waals surface area contributed by atoms with E-state index in [0.29, 0.717) is 23.6 Å². The number of benzene rings is 1. The van der Waals surface area contributed by atoms with E-state index in [1.54, 1.807) is 41.8 Å². The molecule has 0 bridgehead atoms. The van der Waals surface area contributed by atoms with Crippen LogP contribution in [-0.2, 0) is 19.6 Å². The van der Waals surface area contributed by atoms with Crippen molar-refractivity contribution in [3.05, 3.63) is 46.8 Å². The Kier molecular flexibility index (Phi) is 5.30. The van der Waals surface area contributed by atoms with E-state index in [-0.39, 0.29) is 16.7 Å². The highest BCUT2D eigenvalue weighted by Gasteiger charge is 2.49. The number of rotatable bonds is 5. The van der Waals surface area contributed by atoms with E-state index in [9.17, 15) is 18.0 Å². The number of hydrogen-bond donors (Lipinski definition) is 0. The molecule has 1 unspecified atom stereocenters. The quantitative estimate of drug-likeness (QED) is 0.667. The van der Waals surface area contributed by atoms with E-state index in [1.165, 1.54) is 4.31 Å². The van der Waals surface area contributed by atoms with Gasteiger partial charge in [-0.2, -0.15) is 4.31 Å². The third-order valence-electron chi connectivity index (χ3n) is 5.23. The van der Waals surface area contributed by atoms with Crippen LogP contribution in [0.4, 0.5) is 5.69 Å². The second-order valence-corrected chi connectivity index (χ2v) is 10.4. The molecule has 1 aromatic carbocycles. The van der Waals surface area contributed by atoms with Crippen LogP contribution in [0.25, 0.3) is 0 Å². The topological polar surface area (TPSA) is 74.8 Å². The van der Waals surface area contributed by atoms with Crippen LogP contribution in [0.3, 0.4) is 0 Å². The van der Waals surface area contributed by atoms with Crippen LogP contribution in [0.2, 0.25) is 5.02 Å². The van der Waals surface area contributed by atoms with E-state index in [0.717, 1.165) is 29.1 Å². The summed E-state index contributed by atoms with van der Waals surface area (Å²) in [4.78, 5) is 26.9. The zero-order valence-electron chi connectivity index (χ0n) is 15.0. The van der Waals surface area contributed by atoms with Crippen molar-refractivity contribution < 1.29 is 18.0 Å². The van der Waals surface area contributed by atoms with Gasteiger partial charge in [-0.3, -0.25) is 9.59 Å². The third-order valence-corrected chi connectivity index (χ3v) is 8.81. The number of imide groups is 1. The molecule has 0 spiro atoms. The number of anilines is 1. The second-order valence-electron chi connectivity index (χ2n) is 6.97. The molecule has 2 aromatic rings. The van der Waals surface area contributed by atoms with Crippen LogP contribution in [0.15, 0.2) is 46.0 Å². The van der Waals surface area contributed by atoms with Gasteiger partial charge in [-0.15, -0.1) is 11.3 Å². The number of amides is 2. The molecule has 0 N–H and O–H groups in total. The van der Waals surface area contributed by atoms with Crippen molar-refractivity contribution in [1.29, 1.82) is 0 Å². The Balaban J connectivity index is 1.72. The van der Waals surface area contributed by atoms with E-state index in [4.69, 9.17) is 11.6 Å². The fraction of sp³-hybridized carbons (Fsp3) is 0.368. The van der Waals surface area contributed by atoms with Gasteiger partial charge >= 0.3 is 0 Å². The standard InChI is InChI=1S/C19H19ClN2O4S2/c20-13-7-9-14(10-8-13)21-17(23)12-16(19(21)24)22(15-4-1-2-5-15)28(25,26)18-6-3-11-27-18/h3,6-11,15-16H,1-2,4-5,12H2. The summed E-state index contributed by atoms with van der Waals surface area (Å²) in [5.41, 5.74) is 0.404. The smallest absolute Gasteiger partial charge is 0.253 e. The van der Waals surface area contributed by atoms with Gasteiger partial charge < -0.3 is 0 Å². The van der Waals surface area contributed by atoms with Gasteiger partial charge in [-0.25, -0.2) is 13.3 Å². The van der Waals surface area contributed by atoms with Gasteiger partial charge in [0.15, 0.2) is 0 Å². The molecule has 6 nitrogen and oxygen atoms in total. The molecule has 2 amide bonds. The van der Waals surface area contributed by atoms with Crippen LogP contribution in [0.5, 0.6) is 0 Å². The molecule has 1 aliphatic heterocycles. The summed E-state index contributed by atoms with van der Waals surface area (Å²) in [5, 5.41) is 2.19. The number of thiophene rings is 1. The zero-order chi connectivity index (χ0) is 19.9. The van der Waals surface area contributed by atoms with E-state index < -0.39 is 27.9 Å². The highest BCUT2D eigenvalue weighted by Crippen LogP contribution is 2.36. The monoisotopic (exact) mass is 438 g/mol. The molecule has 1 atom stereocenters. The Bertz CT molecular complexity index is 983. The minimum atomic E-state index is -3.86. The van der Waals surface area contributed by atoms with Crippen molar-refractivity contribution >= 4 is 50.5 Å². The minimum absolute atomic E-state index is 0.150. The average Bonchev–Trinajstić information content (AvgIpc) is 3.40. The molecule has 0 radical (unpaired) electrons. The first-order valence-electron chi connectivity index (χ1n) is 9.09. The number of sulfonamides is 1. The highest BCUT2D eigenvalue weighted by molar-refractivity contribution is 7.91. The van der Waals surface area contributed by atoms with E-state index in [1.807, 2.05) is 0 Å². The molecule has 1 aromatic heterocycles. The normalized spacial score (nSPS) is 21.2. The predicted octanol–water partition coefficient (Wildman–Crippen LogP) is 3.67. The van der Waals surface area contributed by atoms with Gasteiger partial charge in [-0.1, -0.05) is 30.5 Å². The van der Waals surface area contributed by atoms with Gasteiger partial charge in [0.1, 0.15) is 10.3 Å². The van der Waals surface area contributed by atoms with E-state index in [2.05, 4.69) is 0 Å². The lowest BCUT2D eigenvalue weighted by atomic mass is 10.2. The lowest BCUT2D eigenvalue weighted by molar-refractivity contribution is -0.122. The summed E-state index contributed by atoms with van der Waals surface area (Å²) >= 11 is 7.02. The van der Waals surface area contributed by atoms with Crippen molar-refractivity contribution in [3.8, 4) is 0 Å². The number of nitrogens with zero attached hydrogens (tertiary/aromatic N) is 2. The Hall–Kier alpha value is -1.74. The van der Waals surface area contributed by atoms with Crippen LogP contribution in [0, 0.1) is 0 Å². The number of hydrogen-bond acceptors (Lipinski definition) is 5. The maximum Gasteiger partial charge on any atom is 0.253 e. The molecule has 2 fully saturated rings. The van der Waals surface area contributed by atoms with E-state index >= 15 is 0 Å². The zero-order valence-corrected chi connectivity index (χ0v) is 17.3. The largest absolute Gasteiger partial charge is 0.274 e. The summed E-state index contributed by atoms with van der Waals surface area (Å²) in [6.07, 6.45) is 3.07. The Labute approximate surface area is 172 Å². The molecule has 1 saturated carbocycles. The fourth-order valence-electron chi connectivity index (χ4n) is 3.97. The number of carbonyl (C=O) groups excluding carboxylic acids is 2. The molecule has 9 heteroatoms. The average molecular weight is 439 g/mol. The van der Waals surface area contributed by atoms with Gasteiger partial charge in [0.25, 0.3) is 15.9 Å². The van der Waals surface area contributed by atoms with Crippen LogP contribution in [-0.4, -0.2) is 36.6 Å². The maximum absolute atomic E-state index is 13.3. The predicted molar refractivity (Wildman–Crippen MR) is 108 cm³/mol. The molecule has 4 rings (SSSR count). The third kappa shape index (κ3) is 3.39. The Morgan fingerprint density at radius 2 is 1.75 bits per heavy atom. The lowest BCUT2D eigenvalue weighted by Gasteiger charge is -2.31. The van der Waals surface area contributed by atoms with Crippen molar-refractivity contribution in [2.24, 2.45) is 0 Å². The number of halogens is 1. The molecule has 28 heavy (non-hydrogen) atoms. The summed E-state index contributed by atoms with van der Waals surface area (Å²) in [6, 6.07) is 8.32. The first-order chi connectivity index (χ1) is 13.4. The fourth-order valence-corrected chi connectivity index (χ4v) is 7.01. The summed E-state index contributed by atoms with van der Waals surface area (Å²) in [7, 11) is -3.86. The van der Waals surface area contributed by atoms with Gasteiger partial charge in [0, 0.05) is 11.1 Å². The van der Waals surface area contributed by atoms with Crippen molar-refractivity contribution in [2.75, 3.05) is 4.90 Å². The van der Waals surface area contributed by atoms with Crippen LogP contribution < -0.4 is 4.90 Å². The van der Waals surface area contributed by atoms with Crippen molar-refractivity contribution in [2.45, 2.75) is 48.4 Å². The highest BCUT2D eigenvalue weighted by atomic mass is 35.5. The molecule has 148 valence electrons. The van der Waals surface area contributed by atoms with Gasteiger partial charge in [-0.05, 0) is 48.6 Å². The summed E-state index contributed by atoms with van der Waals surface area (Å²) in [6.45, 7) is 0. The van der Waals surface area contributed by atoms with Crippen LogP contribution in [0.1, 0.15) is 32.1 Å². The second kappa shape index (κ2) is 7.59. The Morgan fingerprint density at radius 1 is 1.07 bits per heavy atom. The minimum Gasteiger partial charge on any atom is -0.274 e. The first-order valence-corrected chi connectivity index (χ1v) is 11.8. The summed E-state index contributed by atoms with van der Waals surface area (Å²) < 4.78 is 28.2. The molecule has 2 aliphatic rings. The molecule has 1 aliphatic carbocycles. The van der Waals surface area contributed by atoms with Crippen molar-refractivity contribution in [3.63, 3.8) is 0 Å². The maximum atomic E-state index is 13.3. The molecule has 1 saturated heterocycles. The Morgan fingerprint density at radius 3 is 2.36 bits per heavy atom. The lowest BCUT2D eigenvalue weighted by Crippen LogP contribution is -2.49. The van der Waals surface area contributed by atoms with Crippen LogP contribution >= 0.6 is 22.9 Å². The SMILES string of the molecule is O=C1CC(N(C2CCCC2)S(=O)(=O)c2cccs2)C(=O)N1c1ccc(Cl)cc1. The molecular weight excluding hydrogens is 420 g/mol. The molecular formula is C19H19ClN2O4S2. The summed E-state index contributed by atoms with van der Waals surface area (Å²) in [5.74, 6) is -0.902. The first kappa shape index (κ1) is 19.6. The molecule has 2 heterocycles. The van der Waals surface area contributed by atoms with Gasteiger partial charge in [0.05, 0.1) is 12.1 Å². The van der Waals surface area contributed by atoms with Crippen molar-refractivity contribution in [1.82, 2.24) is 4.31 Å². The van der Waals surface area contributed by atoms with Gasteiger partial charge in [0.2, 0.25) is 5.91 Å².